The zero-order valence-corrected chi connectivity index (χ0v) is 18.0. The normalized spacial score (nSPS) is 11.5. The first-order valence-electron chi connectivity index (χ1n) is 8.88. The lowest BCUT2D eigenvalue weighted by Crippen LogP contribution is -2.30. The molecular weight excluding hydrogens is 417 g/mol. The van der Waals surface area contributed by atoms with E-state index in [-0.39, 0.29) is 18.0 Å². The van der Waals surface area contributed by atoms with Gasteiger partial charge in [-0.1, -0.05) is 26.0 Å². The fourth-order valence-corrected chi connectivity index (χ4v) is 4.50. The number of hydrogen-bond acceptors (Lipinski definition) is 6. The van der Waals surface area contributed by atoms with Gasteiger partial charge in [0.1, 0.15) is 5.82 Å². The van der Waals surface area contributed by atoms with Crippen molar-refractivity contribution in [2.75, 3.05) is 26.0 Å². The third-order valence-electron chi connectivity index (χ3n) is 4.25. The smallest absolute Gasteiger partial charge is 0.341 e. The number of hydrogen-bond donors (Lipinski definition) is 0. The second kappa shape index (κ2) is 10.00. The molecule has 2 aromatic carbocycles. The van der Waals surface area contributed by atoms with Gasteiger partial charge in [0, 0.05) is 23.5 Å². The fraction of sp³-hybridized carbons (Fsp3) is 0.300. The molecule has 0 heterocycles. The van der Waals surface area contributed by atoms with E-state index in [1.807, 2.05) is 6.26 Å². The third-order valence-corrected chi connectivity index (χ3v) is 7.04. The number of thioether (sulfide) groups is 1. The summed E-state index contributed by atoms with van der Waals surface area (Å²) >= 11 is 1.52. The number of nitrogens with zero attached hydrogens (tertiary/aromatic N) is 1. The Morgan fingerprint density at radius 1 is 1.07 bits per heavy atom. The minimum absolute atomic E-state index is 0.214. The topological polar surface area (TPSA) is 80.8 Å². The van der Waals surface area contributed by atoms with Crippen LogP contribution < -0.4 is 0 Å². The summed E-state index contributed by atoms with van der Waals surface area (Å²) in [6.07, 6.45) is 1.90. The van der Waals surface area contributed by atoms with E-state index in [0.29, 0.717) is 5.56 Å². The fourth-order valence-electron chi connectivity index (χ4n) is 2.60. The molecule has 0 aliphatic heterocycles. The van der Waals surface area contributed by atoms with Crippen LogP contribution in [0, 0.1) is 5.82 Å². The first kappa shape index (κ1) is 23.1. The number of rotatable bonds is 9. The molecule has 0 aliphatic rings. The summed E-state index contributed by atoms with van der Waals surface area (Å²) < 4.78 is 45.4. The Morgan fingerprint density at radius 3 is 2.24 bits per heavy atom. The van der Waals surface area contributed by atoms with Crippen molar-refractivity contribution in [2.24, 2.45) is 0 Å². The van der Waals surface area contributed by atoms with Gasteiger partial charge in [0.25, 0.3) is 0 Å². The van der Waals surface area contributed by atoms with Crippen LogP contribution in [0.25, 0.3) is 0 Å². The Balaban J connectivity index is 2.17. The summed E-state index contributed by atoms with van der Waals surface area (Å²) in [6.45, 7) is 3.25. The number of halogens is 1. The van der Waals surface area contributed by atoms with Crippen molar-refractivity contribution in [3.63, 3.8) is 0 Å². The highest BCUT2D eigenvalue weighted by Gasteiger charge is 2.25. The number of sulfonamides is 1. The van der Waals surface area contributed by atoms with Crippen molar-refractivity contribution in [2.45, 2.75) is 23.6 Å². The van der Waals surface area contributed by atoms with Gasteiger partial charge in [-0.15, -0.1) is 11.8 Å². The van der Waals surface area contributed by atoms with Crippen LogP contribution >= 0.6 is 11.8 Å². The number of Topliss-reactive ketones (excluding diaryl/α,β-unsaturated/α-hetero) is 1. The van der Waals surface area contributed by atoms with Gasteiger partial charge in [0.05, 0.1) is 10.5 Å². The molecule has 2 rings (SSSR count). The van der Waals surface area contributed by atoms with Gasteiger partial charge in [0.15, 0.2) is 12.4 Å². The summed E-state index contributed by atoms with van der Waals surface area (Å²) in [5, 5.41) is 0. The first-order chi connectivity index (χ1) is 13.7. The highest BCUT2D eigenvalue weighted by Crippen LogP contribution is 2.20. The maximum atomic E-state index is 14.1. The lowest BCUT2D eigenvalue weighted by atomic mass is 10.1. The van der Waals surface area contributed by atoms with Crippen molar-refractivity contribution in [3.05, 3.63) is 59.4 Å². The van der Waals surface area contributed by atoms with Gasteiger partial charge in [-0.25, -0.2) is 17.6 Å². The van der Waals surface area contributed by atoms with Crippen LogP contribution in [-0.2, 0) is 14.8 Å². The molecule has 0 fully saturated rings. The van der Waals surface area contributed by atoms with E-state index in [1.54, 1.807) is 38.1 Å². The van der Waals surface area contributed by atoms with E-state index in [4.69, 9.17) is 4.74 Å². The van der Waals surface area contributed by atoms with Crippen LogP contribution in [0.3, 0.4) is 0 Å². The molecule has 0 radical (unpaired) electrons. The molecule has 0 saturated heterocycles. The molecule has 29 heavy (non-hydrogen) atoms. The largest absolute Gasteiger partial charge is 0.454 e. The number of ether oxygens (including phenoxy) is 1. The maximum absolute atomic E-state index is 14.1. The lowest BCUT2D eigenvalue weighted by Gasteiger charge is -2.18. The molecule has 0 bridgehead atoms. The number of carbonyl (C=O) groups is 2. The van der Waals surface area contributed by atoms with Crippen molar-refractivity contribution in [3.8, 4) is 0 Å². The highest BCUT2D eigenvalue weighted by molar-refractivity contribution is 7.98. The predicted octanol–water partition coefficient (Wildman–Crippen LogP) is 3.62. The molecule has 0 saturated carbocycles. The van der Waals surface area contributed by atoms with Gasteiger partial charge in [-0.05, 0) is 36.6 Å². The van der Waals surface area contributed by atoms with E-state index < -0.39 is 39.8 Å². The summed E-state index contributed by atoms with van der Waals surface area (Å²) in [6, 6.07) is 9.68. The Hall–Kier alpha value is -2.23. The molecule has 9 heteroatoms. The van der Waals surface area contributed by atoms with Crippen molar-refractivity contribution in [1.29, 1.82) is 0 Å². The Kier molecular flexibility index (Phi) is 7.95. The summed E-state index contributed by atoms with van der Waals surface area (Å²) in [5.74, 6) is -2.48. The van der Waals surface area contributed by atoms with Gasteiger partial charge < -0.3 is 4.74 Å². The van der Waals surface area contributed by atoms with Crippen LogP contribution in [0.5, 0.6) is 0 Å². The molecule has 0 aliphatic carbocycles. The van der Waals surface area contributed by atoms with E-state index >= 15 is 0 Å². The van der Waals surface area contributed by atoms with Crippen LogP contribution in [-0.4, -0.2) is 50.4 Å². The van der Waals surface area contributed by atoms with Crippen LogP contribution in [0.15, 0.2) is 52.3 Å². The van der Waals surface area contributed by atoms with Crippen molar-refractivity contribution < 1.29 is 27.1 Å². The lowest BCUT2D eigenvalue weighted by molar-refractivity contribution is 0.0470. The molecule has 0 amide bonds. The first-order valence-corrected chi connectivity index (χ1v) is 11.5. The molecule has 156 valence electrons. The minimum atomic E-state index is -3.86. The monoisotopic (exact) mass is 439 g/mol. The van der Waals surface area contributed by atoms with Gasteiger partial charge in [-0.2, -0.15) is 4.31 Å². The molecule has 2 aromatic rings. The van der Waals surface area contributed by atoms with E-state index in [2.05, 4.69) is 0 Å². The van der Waals surface area contributed by atoms with Crippen molar-refractivity contribution >= 4 is 33.5 Å². The number of carbonyl (C=O) groups excluding carboxylic acids is 2. The van der Waals surface area contributed by atoms with Gasteiger partial charge in [0.2, 0.25) is 10.0 Å². The SMILES string of the molecule is CCN(CC)S(=O)(=O)c1ccc(F)c(C(=O)OCC(=O)c2ccc(SC)cc2)c1. The zero-order chi connectivity index (χ0) is 21.6. The molecular formula is C20H22FNO5S2. The Labute approximate surface area is 174 Å². The number of esters is 1. The Bertz CT molecular complexity index is 986. The van der Waals surface area contributed by atoms with E-state index in [1.165, 1.54) is 16.1 Å². The quantitative estimate of drug-likeness (QED) is 0.337. The molecule has 6 nitrogen and oxygen atoms in total. The average Bonchev–Trinajstić information content (AvgIpc) is 2.72. The summed E-state index contributed by atoms with van der Waals surface area (Å²) in [5.41, 5.74) is -0.183. The van der Waals surface area contributed by atoms with Crippen LogP contribution in [0.1, 0.15) is 34.6 Å². The molecule has 0 unspecified atom stereocenters. The predicted molar refractivity (Wildman–Crippen MR) is 109 cm³/mol. The zero-order valence-electron chi connectivity index (χ0n) is 16.3. The maximum Gasteiger partial charge on any atom is 0.341 e. The molecule has 0 N–H and O–H groups in total. The molecule has 0 atom stereocenters. The minimum Gasteiger partial charge on any atom is -0.454 e. The second-order valence-electron chi connectivity index (χ2n) is 5.96. The second-order valence-corrected chi connectivity index (χ2v) is 8.78. The van der Waals surface area contributed by atoms with Gasteiger partial charge in [-0.3, -0.25) is 4.79 Å². The van der Waals surface area contributed by atoms with E-state index in [9.17, 15) is 22.4 Å². The summed E-state index contributed by atoms with van der Waals surface area (Å²) in [4.78, 5) is 25.2. The average molecular weight is 440 g/mol. The van der Waals surface area contributed by atoms with Gasteiger partial charge >= 0.3 is 5.97 Å². The summed E-state index contributed by atoms with van der Waals surface area (Å²) in [7, 11) is -3.86. The standard InChI is InChI=1S/C20H22FNO5S2/c1-4-22(5-2)29(25,26)16-10-11-18(21)17(12-16)20(24)27-13-19(23)14-6-8-15(28-3)9-7-14/h6-12H,4-5,13H2,1-3H3. The van der Waals surface area contributed by atoms with Crippen LogP contribution in [0.2, 0.25) is 0 Å². The van der Waals surface area contributed by atoms with E-state index in [0.717, 1.165) is 23.1 Å². The highest BCUT2D eigenvalue weighted by atomic mass is 32.2. The molecule has 0 aromatic heterocycles. The van der Waals surface area contributed by atoms with Crippen molar-refractivity contribution in [1.82, 2.24) is 4.31 Å². The third kappa shape index (κ3) is 5.43. The molecule has 0 spiro atoms. The number of ketones is 1. The number of benzene rings is 2. The Morgan fingerprint density at radius 2 is 1.69 bits per heavy atom. The van der Waals surface area contributed by atoms with Crippen LogP contribution in [0.4, 0.5) is 4.39 Å².